The summed E-state index contributed by atoms with van der Waals surface area (Å²) in [5, 5.41) is 8.75. The maximum absolute atomic E-state index is 8.75. The van der Waals surface area contributed by atoms with Crippen molar-refractivity contribution in [2.45, 2.75) is 26.6 Å². The highest BCUT2D eigenvalue weighted by Gasteiger charge is 2.14. The molecule has 16 heavy (non-hydrogen) atoms. The maximum Gasteiger partial charge on any atom is 0.184 e. The van der Waals surface area contributed by atoms with Crippen molar-refractivity contribution in [3.63, 3.8) is 0 Å². The van der Waals surface area contributed by atoms with E-state index in [2.05, 4.69) is 6.07 Å². The number of nitriles is 1. The fourth-order valence-corrected chi connectivity index (χ4v) is 1.54. The Labute approximate surface area is 96.6 Å². The van der Waals surface area contributed by atoms with Gasteiger partial charge in [-0.05, 0) is 19.4 Å². The molecule has 1 aromatic rings. The smallest absolute Gasteiger partial charge is 0.184 e. The molecule has 0 saturated heterocycles. The first-order valence-corrected chi connectivity index (χ1v) is 5.51. The largest absolute Gasteiger partial charge is 0.349 e. The molecule has 0 aliphatic carbocycles. The van der Waals surface area contributed by atoms with Crippen molar-refractivity contribution in [1.29, 1.82) is 5.26 Å². The summed E-state index contributed by atoms with van der Waals surface area (Å²) in [5.74, 6) is 0. The third kappa shape index (κ3) is 3.34. The van der Waals surface area contributed by atoms with Gasteiger partial charge in [-0.1, -0.05) is 24.3 Å². The van der Waals surface area contributed by atoms with Gasteiger partial charge in [-0.2, -0.15) is 5.26 Å². The Morgan fingerprint density at radius 2 is 1.81 bits per heavy atom. The Hall–Kier alpha value is -1.37. The summed E-state index contributed by atoms with van der Waals surface area (Å²) in [6.07, 6.45) is 0.0202. The highest BCUT2D eigenvalue weighted by atomic mass is 16.7. The SMILES string of the molecule is CCOC(OCC)c1ccccc1CC#N. The van der Waals surface area contributed by atoms with Gasteiger partial charge in [-0.15, -0.1) is 0 Å². The zero-order valence-electron chi connectivity index (χ0n) is 9.77. The van der Waals surface area contributed by atoms with Gasteiger partial charge in [0.1, 0.15) is 0 Å². The topological polar surface area (TPSA) is 42.2 Å². The number of hydrogen-bond acceptors (Lipinski definition) is 3. The Kier molecular flexibility index (Phi) is 5.55. The molecule has 0 bridgehead atoms. The van der Waals surface area contributed by atoms with Crippen molar-refractivity contribution < 1.29 is 9.47 Å². The second-order valence-corrected chi connectivity index (χ2v) is 3.28. The lowest BCUT2D eigenvalue weighted by molar-refractivity contribution is -0.140. The van der Waals surface area contributed by atoms with Crippen LogP contribution in [0, 0.1) is 11.3 Å². The predicted octanol–water partition coefficient (Wildman–Crippen LogP) is 2.82. The summed E-state index contributed by atoms with van der Waals surface area (Å²) in [7, 11) is 0. The third-order valence-electron chi connectivity index (χ3n) is 2.21. The van der Waals surface area contributed by atoms with Gasteiger partial charge in [0.2, 0.25) is 0 Å². The minimum absolute atomic E-state index is 0.362. The van der Waals surface area contributed by atoms with E-state index in [0.717, 1.165) is 11.1 Å². The van der Waals surface area contributed by atoms with E-state index in [9.17, 15) is 0 Å². The fourth-order valence-electron chi connectivity index (χ4n) is 1.54. The molecule has 0 amide bonds. The van der Waals surface area contributed by atoms with Gasteiger partial charge in [-0.25, -0.2) is 0 Å². The number of ether oxygens (including phenoxy) is 2. The van der Waals surface area contributed by atoms with Crippen LogP contribution in [0.25, 0.3) is 0 Å². The minimum atomic E-state index is -0.362. The standard InChI is InChI=1S/C13H17NO2/c1-3-15-13(16-4-2)12-8-6-5-7-11(12)9-10-14/h5-8,13H,3-4,9H2,1-2H3. The zero-order valence-corrected chi connectivity index (χ0v) is 9.77. The normalized spacial score (nSPS) is 10.4. The Morgan fingerprint density at radius 1 is 1.19 bits per heavy atom. The number of hydrogen-bond donors (Lipinski definition) is 0. The van der Waals surface area contributed by atoms with Gasteiger partial charge < -0.3 is 9.47 Å². The van der Waals surface area contributed by atoms with E-state index in [1.54, 1.807) is 0 Å². The molecular formula is C13H17NO2. The van der Waals surface area contributed by atoms with Crippen LogP contribution in [0.4, 0.5) is 0 Å². The highest BCUT2D eigenvalue weighted by Crippen LogP contribution is 2.23. The molecule has 0 saturated carbocycles. The van der Waals surface area contributed by atoms with Crippen molar-refractivity contribution in [3.8, 4) is 6.07 Å². The summed E-state index contributed by atoms with van der Waals surface area (Å²) >= 11 is 0. The van der Waals surface area contributed by atoms with Gasteiger partial charge >= 0.3 is 0 Å². The molecule has 1 aromatic carbocycles. The van der Waals surface area contributed by atoms with E-state index in [1.807, 2.05) is 38.1 Å². The van der Waals surface area contributed by atoms with Gasteiger partial charge in [0.15, 0.2) is 6.29 Å². The first kappa shape index (κ1) is 12.7. The molecule has 0 fully saturated rings. The minimum Gasteiger partial charge on any atom is -0.349 e. The number of nitrogens with zero attached hydrogens (tertiary/aromatic N) is 1. The zero-order chi connectivity index (χ0) is 11.8. The van der Waals surface area contributed by atoms with E-state index in [0.29, 0.717) is 19.6 Å². The first-order chi connectivity index (χ1) is 7.83. The van der Waals surface area contributed by atoms with E-state index in [1.165, 1.54) is 0 Å². The van der Waals surface area contributed by atoms with Gasteiger partial charge in [0.25, 0.3) is 0 Å². The average Bonchev–Trinajstić information content (AvgIpc) is 2.30. The first-order valence-electron chi connectivity index (χ1n) is 5.51. The number of rotatable bonds is 6. The molecule has 0 atom stereocenters. The van der Waals surface area contributed by atoms with Crippen LogP contribution in [-0.2, 0) is 15.9 Å². The Balaban J connectivity index is 2.93. The molecule has 0 aliphatic heterocycles. The summed E-state index contributed by atoms with van der Waals surface area (Å²) in [6, 6.07) is 9.89. The molecule has 0 N–H and O–H groups in total. The van der Waals surface area contributed by atoms with Gasteiger partial charge in [0.05, 0.1) is 12.5 Å². The van der Waals surface area contributed by atoms with E-state index >= 15 is 0 Å². The quantitative estimate of drug-likeness (QED) is 0.691. The monoisotopic (exact) mass is 219 g/mol. The molecule has 3 heteroatoms. The summed E-state index contributed by atoms with van der Waals surface area (Å²) in [4.78, 5) is 0. The lowest BCUT2D eigenvalue weighted by Gasteiger charge is -2.19. The number of benzene rings is 1. The van der Waals surface area contributed by atoms with Crippen LogP contribution in [0.3, 0.4) is 0 Å². The van der Waals surface area contributed by atoms with E-state index in [-0.39, 0.29) is 6.29 Å². The lowest BCUT2D eigenvalue weighted by atomic mass is 10.0. The van der Waals surface area contributed by atoms with Crippen LogP contribution in [-0.4, -0.2) is 13.2 Å². The molecule has 0 radical (unpaired) electrons. The molecule has 3 nitrogen and oxygen atoms in total. The molecule has 0 aliphatic rings. The summed E-state index contributed by atoms with van der Waals surface area (Å²) in [6.45, 7) is 5.04. The van der Waals surface area contributed by atoms with Crippen molar-refractivity contribution >= 4 is 0 Å². The molecule has 86 valence electrons. The highest BCUT2D eigenvalue weighted by molar-refractivity contribution is 5.30. The predicted molar refractivity (Wildman–Crippen MR) is 61.8 cm³/mol. The Morgan fingerprint density at radius 3 is 2.38 bits per heavy atom. The summed E-state index contributed by atoms with van der Waals surface area (Å²) in [5.41, 5.74) is 1.92. The second-order valence-electron chi connectivity index (χ2n) is 3.28. The maximum atomic E-state index is 8.75. The van der Waals surface area contributed by atoms with Crippen LogP contribution in [0.15, 0.2) is 24.3 Å². The van der Waals surface area contributed by atoms with Crippen LogP contribution in [0.2, 0.25) is 0 Å². The molecule has 0 aromatic heterocycles. The van der Waals surface area contributed by atoms with Crippen molar-refractivity contribution in [2.75, 3.05) is 13.2 Å². The summed E-state index contributed by atoms with van der Waals surface area (Å²) < 4.78 is 11.0. The van der Waals surface area contributed by atoms with Crippen LogP contribution < -0.4 is 0 Å². The van der Waals surface area contributed by atoms with E-state index < -0.39 is 0 Å². The molecule has 1 rings (SSSR count). The van der Waals surface area contributed by atoms with Gasteiger partial charge in [-0.3, -0.25) is 0 Å². The molecule has 0 heterocycles. The molecular weight excluding hydrogens is 202 g/mol. The van der Waals surface area contributed by atoms with Crippen LogP contribution in [0.1, 0.15) is 31.3 Å². The fraction of sp³-hybridized carbons (Fsp3) is 0.462. The molecule has 0 unspecified atom stereocenters. The van der Waals surface area contributed by atoms with Crippen LogP contribution in [0.5, 0.6) is 0 Å². The van der Waals surface area contributed by atoms with Crippen molar-refractivity contribution in [2.24, 2.45) is 0 Å². The third-order valence-corrected chi connectivity index (χ3v) is 2.21. The van der Waals surface area contributed by atoms with Crippen molar-refractivity contribution in [3.05, 3.63) is 35.4 Å². The lowest BCUT2D eigenvalue weighted by Crippen LogP contribution is -2.11. The van der Waals surface area contributed by atoms with Gasteiger partial charge in [0, 0.05) is 18.8 Å². The molecule has 0 spiro atoms. The van der Waals surface area contributed by atoms with Crippen LogP contribution >= 0.6 is 0 Å². The van der Waals surface area contributed by atoms with Crippen molar-refractivity contribution in [1.82, 2.24) is 0 Å². The van der Waals surface area contributed by atoms with E-state index in [4.69, 9.17) is 14.7 Å². The second kappa shape index (κ2) is 7.00. The Bertz CT molecular complexity index is 351. The average molecular weight is 219 g/mol.